The van der Waals surface area contributed by atoms with Crippen LogP contribution in [0.5, 0.6) is 34.5 Å². The molecule has 2 heterocycles. The number of hydrogen-bond acceptors (Lipinski definition) is 9. The summed E-state index contributed by atoms with van der Waals surface area (Å²) in [4.78, 5) is 1.79. The minimum Gasteiger partial charge on any atom is -0.488 e. The van der Waals surface area contributed by atoms with Crippen molar-refractivity contribution in [3.8, 4) is 56.8 Å². The number of ether oxygens (including phenoxy) is 6. The van der Waals surface area contributed by atoms with Crippen molar-refractivity contribution in [1.82, 2.24) is 0 Å². The van der Waals surface area contributed by atoms with Crippen LogP contribution in [0.25, 0.3) is 22.3 Å². The number of nitrogens with one attached hydrogen (secondary N) is 1. The molecule has 6 aromatic carbocycles. The number of hydrogen-bond donors (Lipinski definition) is 2. The van der Waals surface area contributed by atoms with E-state index in [0.717, 1.165) is 19.2 Å². The molecule has 2 unspecified atom stereocenters. The molecule has 380 valence electrons. The van der Waals surface area contributed by atoms with Crippen molar-refractivity contribution in [3.05, 3.63) is 145 Å². The number of rotatable bonds is 12. The van der Waals surface area contributed by atoms with Crippen LogP contribution in [0.3, 0.4) is 0 Å². The average Bonchev–Trinajstić information content (AvgIpc) is 3.31. The third-order valence-corrected chi connectivity index (χ3v) is 10.2. The molecule has 2 atom stereocenters. The van der Waals surface area contributed by atoms with Gasteiger partial charge in [-0.05, 0) is 82.9 Å². The van der Waals surface area contributed by atoms with Crippen LogP contribution in [0.15, 0.2) is 133 Å². The Morgan fingerprint density at radius 2 is 0.944 bits per heavy atom. The molecule has 0 radical (unpaired) electrons. The van der Waals surface area contributed by atoms with E-state index in [0.29, 0.717) is 56.3 Å². The largest absolute Gasteiger partial charge is 0.573 e. The van der Waals surface area contributed by atoms with Gasteiger partial charge in [-0.1, -0.05) is 72.8 Å². The molecule has 0 aliphatic carbocycles. The van der Waals surface area contributed by atoms with Crippen LogP contribution in [0.1, 0.15) is 23.2 Å². The number of benzene rings is 6. The molecule has 0 amide bonds. The first-order valence-electron chi connectivity index (χ1n) is 20.5. The minimum atomic E-state index is -4.84. The van der Waals surface area contributed by atoms with Crippen LogP contribution >= 0.6 is 0 Å². The van der Waals surface area contributed by atoms with Crippen LogP contribution in [-0.2, 0) is 0 Å². The molecule has 2 aliphatic rings. The molecule has 0 saturated heterocycles. The van der Waals surface area contributed by atoms with Gasteiger partial charge in [-0.3, -0.25) is 0 Å². The monoisotopic (exact) mass is 1020 g/mol. The molecule has 23 heteroatoms. The molecule has 0 fully saturated rings. The number of halogens is 14. The Morgan fingerprint density at radius 3 is 1.45 bits per heavy atom. The van der Waals surface area contributed by atoms with E-state index in [9.17, 15) is 61.5 Å². The van der Waals surface area contributed by atoms with Gasteiger partial charge in [0.2, 0.25) is 0 Å². The normalized spacial score (nSPS) is 15.6. The maximum Gasteiger partial charge on any atom is 0.573 e. The Hall–Kier alpha value is -7.30. The molecule has 2 N–H and O–H groups in total. The summed E-state index contributed by atoms with van der Waals surface area (Å²) in [7, 11) is 2.72. The highest BCUT2D eigenvalue weighted by atomic mass is 19.4. The van der Waals surface area contributed by atoms with Crippen molar-refractivity contribution in [2.45, 2.75) is 49.9 Å². The lowest BCUT2D eigenvalue weighted by atomic mass is 9.99. The molecule has 0 saturated carbocycles. The zero-order valence-electron chi connectivity index (χ0n) is 36.6. The van der Waals surface area contributed by atoms with Crippen molar-refractivity contribution >= 4 is 11.4 Å². The number of para-hydroxylation sites is 2. The first-order chi connectivity index (χ1) is 33.5. The van der Waals surface area contributed by atoms with Crippen molar-refractivity contribution in [2.24, 2.45) is 0 Å². The smallest absolute Gasteiger partial charge is 0.488 e. The fourth-order valence-electron chi connectivity index (χ4n) is 7.26. The van der Waals surface area contributed by atoms with Gasteiger partial charge in [0.15, 0.2) is 5.75 Å². The number of aliphatic hydroxyl groups is 1. The Labute approximate surface area is 394 Å². The maximum absolute atomic E-state index is 13.3. The molecular weight excluding hydrogens is 983 g/mol. The van der Waals surface area contributed by atoms with Crippen LogP contribution < -0.4 is 38.6 Å². The SMILES string of the molecule is CN1c2cccc(-c3cccc(OC(F)(F)F)c3)c2OCC1c1cccc(OC(F)(F)C(F)F)c1.CO.FC(F)C(F)(F)Oc1cccc(C2COc3c(cccc3-c3cccc(OC(F)(F)F)c3)N2)c1. The van der Waals surface area contributed by atoms with E-state index in [2.05, 4.69) is 24.3 Å². The van der Waals surface area contributed by atoms with E-state index >= 15 is 0 Å². The Bertz CT molecular complexity index is 2740. The lowest BCUT2D eigenvalue weighted by molar-refractivity contribution is -0.275. The van der Waals surface area contributed by atoms with Gasteiger partial charge in [0.25, 0.3) is 0 Å². The van der Waals surface area contributed by atoms with Crippen LogP contribution in [0.4, 0.5) is 72.8 Å². The Morgan fingerprint density at radius 1 is 0.521 bits per heavy atom. The van der Waals surface area contributed by atoms with E-state index in [4.69, 9.17) is 14.6 Å². The highest BCUT2D eigenvalue weighted by molar-refractivity contribution is 5.81. The first kappa shape index (κ1) is 53.1. The van der Waals surface area contributed by atoms with Crippen molar-refractivity contribution in [1.29, 1.82) is 0 Å². The number of fused-ring (bicyclic) bond motifs is 2. The molecular formula is C48H38F14N2O7. The van der Waals surface area contributed by atoms with Gasteiger partial charge in [-0.25, -0.2) is 0 Å². The van der Waals surface area contributed by atoms with Crippen molar-refractivity contribution < 1.29 is 95.0 Å². The lowest BCUT2D eigenvalue weighted by Gasteiger charge is -2.37. The molecule has 0 aromatic heterocycles. The molecule has 2 aliphatic heterocycles. The van der Waals surface area contributed by atoms with Crippen molar-refractivity contribution in [3.63, 3.8) is 0 Å². The number of nitrogens with zero attached hydrogens (tertiary/aromatic N) is 1. The van der Waals surface area contributed by atoms with E-state index in [1.54, 1.807) is 72.6 Å². The Kier molecular flexibility index (Phi) is 16.3. The number of likely N-dealkylation sites (N-methyl/N-ethyl adjacent to an activating group) is 1. The zero-order chi connectivity index (χ0) is 51.9. The minimum absolute atomic E-state index is 0.0252. The highest BCUT2D eigenvalue weighted by Gasteiger charge is 2.45. The second-order valence-corrected chi connectivity index (χ2v) is 15.0. The van der Waals surface area contributed by atoms with Crippen LogP contribution in [0, 0.1) is 0 Å². The first-order valence-corrected chi connectivity index (χ1v) is 20.5. The second kappa shape index (κ2) is 21.8. The maximum atomic E-state index is 13.3. The summed E-state index contributed by atoms with van der Waals surface area (Å²) in [5.74, 6) is -0.854. The van der Waals surface area contributed by atoms with Gasteiger partial charge in [0.1, 0.15) is 42.0 Å². The summed E-state index contributed by atoms with van der Waals surface area (Å²) < 4.78 is 207. The van der Waals surface area contributed by atoms with E-state index in [1.165, 1.54) is 60.7 Å². The van der Waals surface area contributed by atoms with Gasteiger partial charge in [-0.15, -0.1) is 26.3 Å². The summed E-state index contributed by atoms with van der Waals surface area (Å²) in [6.45, 7) is 0.0748. The summed E-state index contributed by atoms with van der Waals surface area (Å²) in [6.07, 6.45) is -26.9. The fourth-order valence-corrected chi connectivity index (χ4v) is 7.26. The predicted molar refractivity (Wildman–Crippen MR) is 230 cm³/mol. The van der Waals surface area contributed by atoms with Gasteiger partial charge in [0, 0.05) is 25.3 Å². The Balaban J connectivity index is 0.000000225. The average molecular weight is 1020 g/mol. The van der Waals surface area contributed by atoms with E-state index in [1.807, 2.05) is 0 Å². The fraction of sp³-hybridized carbons (Fsp3) is 0.250. The summed E-state index contributed by atoms with van der Waals surface area (Å²) >= 11 is 0. The van der Waals surface area contributed by atoms with Gasteiger partial charge in [0.05, 0.1) is 23.5 Å². The van der Waals surface area contributed by atoms with Crippen LogP contribution in [-0.4, -0.2) is 70.3 Å². The zero-order valence-corrected chi connectivity index (χ0v) is 36.6. The van der Waals surface area contributed by atoms with Crippen LogP contribution in [0.2, 0.25) is 0 Å². The van der Waals surface area contributed by atoms with Gasteiger partial charge in [-0.2, -0.15) is 35.1 Å². The number of anilines is 2. The topological polar surface area (TPSA) is 90.9 Å². The predicted octanol–water partition coefficient (Wildman–Crippen LogP) is 13.7. The molecule has 9 nitrogen and oxygen atoms in total. The highest BCUT2D eigenvalue weighted by Crippen LogP contribution is 2.46. The summed E-state index contributed by atoms with van der Waals surface area (Å²) in [6, 6.07) is 30.6. The number of aliphatic hydroxyl groups excluding tert-OH is 1. The molecule has 0 spiro atoms. The summed E-state index contributed by atoms with van der Waals surface area (Å²) in [5, 5.41) is 10.2. The molecule has 0 bridgehead atoms. The third-order valence-electron chi connectivity index (χ3n) is 10.2. The van der Waals surface area contributed by atoms with Gasteiger partial charge < -0.3 is 43.7 Å². The molecule has 6 aromatic rings. The summed E-state index contributed by atoms with van der Waals surface area (Å²) in [5.41, 5.74) is 3.89. The van der Waals surface area contributed by atoms with Gasteiger partial charge >= 0.3 is 37.8 Å². The standard InChI is InChI=1S/C24H18F7NO3.C23H16F7NO3.CH4O/c1-32-19-10-4-9-18(14-5-2-8-17(11-14)35-24(29,30)31)21(19)33-13-20(32)15-6-3-7-16(12-15)34-23(27,28)22(25)26;24-21(25)22(26,27)33-15-6-2-5-14(11-15)19-12-32-20-17(8-3-9-18(20)31-19)13-4-1-7-16(10-13)34-23(28,29)30;1-2/h2-12,20,22H,13H2,1H3;1-11,19,21,31H,12H2;2H,1H3. The lowest BCUT2D eigenvalue weighted by Crippen LogP contribution is -2.34. The second-order valence-electron chi connectivity index (χ2n) is 15.0. The quantitative estimate of drug-likeness (QED) is 0.116. The number of alkyl halides is 14. The third kappa shape index (κ3) is 13.5. The van der Waals surface area contributed by atoms with E-state index < -0.39 is 61.4 Å². The molecule has 8 rings (SSSR count). The van der Waals surface area contributed by atoms with Crippen molar-refractivity contribution in [2.75, 3.05) is 37.6 Å². The molecule has 71 heavy (non-hydrogen) atoms. The van der Waals surface area contributed by atoms with E-state index in [-0.39, 0.29) is 24.7 Å².